The van der Waals surface area contributed by atoms with Gasteiger partial charge in [-0.1, -0.05) is 99.3 Å². The van der Waals surface area contributed by atoms with E-state index in [2.05, 4.69) is 52.8 Å². The molecule has 3 aromatic rings. The lowest BCUT2D eigenvalue weighted by molar-refractivity contribution is -0.118. The highest BCUT2D eigenvalue weighted by Crippen LogP contribution is 2.28. The molecule has 1 unspecified atom stereocenters. The molecule has 30 heavy (non-hydrogen) atoms. The number of hydrogen-bond acceptors (Lipinski definition) is 4. The number of amides is 1. The van der Waals surface area contributed by atoms with Crippen LogP contribution in [0.2, 0.25) is 0 Å². The minimum atomic E-state index is -0.0426. The molecule has 3 aromatic carbocycles. The Balaban J connectivity index is 1.49. The average molecular weight is 418 g/mol. The maximum Gasteiger partial charge on any atom is 0.239 e. The van der Waals surface area contributed by atoms with Gasteiger partial charge >= 0.3 is 0 Å². The second-order valence-corrected chi connectivity index (χ2v) is 8.87. The molecule has 1 amide bonds. The van der Waals surface area contributed by atoms with Crippen LogP contribution >= 0.6 is 11.8 Å². The Hall–Kier alpha value is -2.66. The summed E-state index contributed by atoms with van der Waals surface area (Å²) in [6.45, 7) is 2.21. The lowest BCUT2D eigenvalue weighted by atomic mass is 9.97. The summed E-state index contributed by atoms with van der Waals surface area (Å²) < 4.78 is 0. The molecule has 0 bridgehead atoms. The van der Waals surface area contributed by atoms with Crippen LogP contribution < -0.4 is 5.32 Å². The van der Waals surface area contributed by atoms with Crippen LogP contribution in [0.3, 0.4) is 0 Å². The van der Waals surface area contributed by atoms with Crippen molar-refractivity contribution in [1.29, 1.82) is 0 Å². The number of carbonyl (C=O) groups excluding carboxylic acids is 1. The van der Waals surface area contributed by atoms with Crippen molar-refractivity contribution in [3.63, 3.8) is 0 Å². The van der Waals surface area contributed by atoms with E-state index in [4.69, 9.17) is 0 Å². The Bertz CT molecular complexity index is 1050. The first-order valence-corrected chi connectivity index (χ1v) is 11.6. The summed E-state index contributed by atoms with van der Waals surface area (Å²) >= 11 is 1.50. The molecule has 1 aliphatic heterocycles. The van der Waals surface area contributed by atoms with Gasteiger partial charge < -0.3 is 5.32 Å². The van der Waals surface area contributed by atoms with Gasteiger partial charge in [-0.25, -0.2) is 0 Å². The number of carbonyl (C=O) groups is 1. The van der Waals surface area contributed by atoms with E-state index in [1.54, 1.807) is 0 Å². The Kier molecular flexibility index (Phi) is 6.80. The highest BCUT2D eigenvalue weighted by atomic mass is 32.2. The number of benzene rings is 3. The van der Waals surface area contributed by atoms with Crippen molar-refractivity contribution in [2.45, 2.75) is 50.7 Å². The monoisotopic (exact) mass is 417 g/mol. The van der Waals surface area contributed by atoms with Crippen LogP contribution in [0.1, 0.15) is 51.0 Å². The molecule has 4 nitrogen and oxygen atoms in total. The van der Waals surface area contributed by atoms with E-state index in [0.29, 0.717) is 5.17 Å². The van der Waals surface area contributed by atoms with Crippen molar-refractivity contribution in [3.8, 4) is 0 Å². The molecule has 1 aliphatic rings. The minimum absolute atomic E-state index is 0.0426. The summed E-state index contributed by atoms with van der Waals surface area (Å²) in [6.07, 6.45) is 8.74. The molecule has 0 aromatic heterocycles. The van der Waals surface area contributed by atoms with E-state index in [1.165, 1.54) is 48.2 Å². The molecule has 0 radical (unpaired) electrons. The van der Waals surface area contributed by atoms with E-state index >= 15 is 0 Å². The molecular formula is C25H27N3OS. The zero-order valence-electron chi connectivity index (χ0n) is 17.3. The van der Waals surface area contributed by atoms with Gasteiger partial charge in [-0.15, -0.1) is 5.10 Å². The Labute approximate surface area is 181 Å². The molecule has 1 N–H and O–H groups in total. The highest BCUT2D eigenvalue weighted by Gasteiger charge is 2.29. The molecule has 154 valence electrons. The summed E-state index contributed by atoms with van der Waals surface area (Å²) in [6, 6.07) is 18.8. The molecule has 4 rings (SSSR count). The predicted molar refractivity (Wildman–Crippen MR) is 129 cm³/mol. The van der Waals surface area contributed by atoms with Crippen molar-refractivity contribution in [2.75, 3.05) is 0 Å². The van der Waals surface area contributed by atoms with Crippen LogP contribution in [0.25, 0.3) is 21.5 Å². The number of nitrogens with zero attached hydrogens (tertiary/aromatic N) is 2. The summed E-state index contributed by atoms with van der Waals surface area (Å²) in [5.41, 5.74) is 1.05. The third-order valence-electron chi connectivity index (χ3n) is 5.49. The molecule has 1 heterocycles. The van der Waals surface area contributed by atoms with Crippen LogP contribution in [0.5, 0.6) is 0 Å². The molecule has 5 heteroatoms. The van der Waals surface area contributed by atoms with Crippen LogP contribution in [0.15, 0.2) is 64.8 Å². The quantitative estimate of drug-likeness (QED) is 0.203. The molecule has 1 saturated heterocycles. The van der Waals surface area contributed by atoms with Gasteiger partial charge in [0.1, 0.15) is 0 Å². The van der Waals surface area contributed by atoms with Crippen LogP contribution in [-0.2, 0) is 4.79 Å². The minimum Gasteiger partial charge on any atom is -0.303 e. The van der Waals surface area contributed by atoms with Crippen molar-refractivity contribution in [2.24, 2.45) is 10.2 Å². The first-order chi connectivity index (χ1) is 14.8. The highest BCUT2D eigenvalue weighted by molar-refractivity contribution is 8.15. The fraction of sp³-hybridized carbons (Fsp3) is 0.320. The first-order valence-electron chi connectivity index (χ1n) is 10.8. The largest absolute Gasteiger partial charge is 0.303 e. The van der Waals surface area contributed by atoms with E-state index < -0.39 is 0 Å². The number of rotatable bonds is 8. The standard InChI is InChI=1S/C25H27N3OS/c1-2-3-4-5-6-15-23-24(29)27-25(30-23)28-26-17-22-20-13-9-7-11-18(20)16-19-12-8-10-14-21(19)22/h7-14,16-17,23H,2-6,15H2,1H3,(H,27,28,29)/b26-17+. The Morgan fingerprint density at radius 1 is 0.967 bits per heavy atom. The predicted octanol–water partition coefficient (Wildman–Crippen LogP) is 6.28. The number of nitrogens with one attached hydrogen (secondary N) is 1. The third kappa shape index (κ3) is 4.73. The Morgan fingerprint density at radius 3 is 2.33 bits per heavy atom. The van der Waals surface area contributed by atoms with Crippen LogP contribution in [-0.4, -0.2) is 22.5 Å². The smallest absolute Gasteiger partial charge is 0.239 e. The summed E-state index contributed by atoms with van der Waals surface area (Å²) in [5, 5.41) is 16.7. The van der Waals surface area contributed by atoms with Crippen molar-refractivity contribution in [1.82, 2.24) is 5.32 Å². The molecule has 0 spiro atoms. The lowest BCUT2D eigenvalue weighted by Crippen LogP contribution is -2.24. The van der Waals surface area contributed by atoms with Gasteiger partial charge in [0, 0.05) is 5.56 Å². The number of hydrogen-bond donors (Lipinski definition) is 1. The van der Waals surface area contributed by atoms with Gasteiger partial charge in [0.05, 0.1) is 11.5 Å². The number of thioether (sulfide) groups is 1. The fourth-order valence-electron chi connectivity index (χ4n) is 3.90. The van der Waals surface area contributed by atoms with Gasteiger partial charge in [-0.05, 0) is 34.0 Å². The van der Waals surface area contributed by atoms with Gasteiger partial charge in [0.25, 0.3) is 0 Å². The zero-order valence-corrected chi connectivity index (χ0v) is 18.1. The van der Waals surface area contributed by atoms with Crippen LogP contribution in [0, 0.1) is 0 Å². The van der Waals surface area contributed by atoms with Crippen molar-refractivity contribution in [3.05, 3.63) is 60.2 Å². The Morgan fingerprint density at radius 2 is 1.63 bits per heavy atom. The SMILES string of the molecule is CCCCCCCC1S/C(=N\N=C\c2c3ccccc3cc3ccccc23)NC1=O. The number of amidine groups is 1. The van der Waals surface area contributed by atoms with E-state index in [-0.39, 0.29) is 11.2 Å². The number of fused-ring (bicyclic) bond motifs is 2. The van der Waals surface area contributed by atoms with Crippen LogP contribution in [0.4, 0.5) is 0 Å². The van der Waals surface area contributed by atoms with Gasteiger partial charge in [-0.2, -0.15) is 5.10 Å². The lowest BCUT2D eigenvalue weighted by Gasteiger charge is -2.07. The second kappa shape index (κ2) is 9.90. The fourth-order valence-corrected chi connectivity index (χ4v) is 4.88. The van der Waals surface area contributed by atoms with Crippen molar-refractivity contribution < 1.29 is 4.79 Å². The summed E-state index contributed by atoms with van der Waals surface area (Å²) in [7, 11) is 0. The van der Waals surface area contributed by atoms with Gasteiger partial charge in [-0.3, -0.25) is 4.79 Å². The molecule has 0 aliphatic carbocycles. The molecular weight excluding hydrogens is 390 g/mol. The van der Waals surface area contributed by atoms with E-state index in [0.717, 1.165) is 29.2 Å². The topological polar surface area (TPSA) is 53.8 Å². The molecule has 0 saturated carbocycles. The second-order valence-electron chi connectivity index (χ2n) is 7.68. The van der Waals surface area contributed by atoms with E-state index in [9.17, 15) is 4.79 Å². The van der Waals surface area contributed by atoms with Gasteiger partial charge in [0.15, 0.2) is 5.17 Å². The maximum atomic E-state index is 12.2. The summed E-state index contributed by atoms with van der Waals surface area (Å²) in [4.78, 5) is 12.2. The first kappa shape index (κ1) is 20.6. The normalized spacial score (nSPS) is 18.1. The third-order valence-corrected chi connectivity index (χ3v) is 6.64. The van der Waals surface area contributed by atoms with Crippen molar-refractivity contribution >= 4 is 50.6 Å². The molecule has 1 atom stereocenters. The average Bonchev–Trinajstić information content (AvgIpc) is 3.12. The van der Waals surface area contributed by atoms with Gasteiger partial charge in [0.2, 0.25) is 5.91 Å². The maximum absolute atomic E-state index is 12.2. The zero-order chi connectivity index (χ0) is 20.8. The molecule has 1 fully saturated rings. The summed E-state index contributed by atoms with van der Waals surface area (Å²) in [5.74, 6) is 0.0556. The van der Waals surface area contributed by atoms with E-state index in [1.807, 2.05) is 30.5 Å². The number of unbranched alkanes of at least 4 members (excludes halogenated alkanes) is 4.